The number of hydrogen-bond acceptors (Lipinski definition) is 3. The highest BCUT2D eigenvalue weighted by molar-refractivity contribution is 7.80. The Morgan fingerprint density at radius 2 is 1.95 bits per heavy atom. The number of nitrogens with two attached hydrogens (primary N) is 1. The Labute approximate surface area is 121 Å². The quantitative estimate of drug-likeness (QED) is 0.481. The minimum atomic E-state index is -0.208. The Bertz CT molecular complexity index is 370. The SMILES string of the molecule is CC(NCCCCCC(N)=O)C(S)c1ccccc1. The Morgan fingerprint density at radius 1 is 1.26 bits per heavy atom. The van der Waals surface area contributed by atoms with Gasteiger partial charge in [-0.25, -0.2) is 0 Å². The predicted molar refractivity (Wildman–Crippen MR) is 83.3 cm³/mol. The summed E-state index contributed by atoms with van der Waals surface area (Å²) in [5.74, 6) is -0.208. The molecule has 0 aliphatic heterocycles. The summed E-state index contributed by atoms with van der Waals surface area (Å²) in [6, 6.07) is 10.6. The van der Waals surface area contributed by atoms with Gasteiger partial charge in [0.1, 0.15) is 0 Å². The first-order chi connectivity index (χ1) is 9.11. The lowest BCUT2D eigenvalue weighted by Gasteiger charge is -2.21. The van der Waals surface area contributed by atoms with Crippen LogP contribution in [0.5, 0.6) is 0 Å². The third kappa shape index (κ3) is 6.64. The number of nitrogens with one attached hydrogen (secondary N) is 1. The van der Waals surface area contributed by atoms with Gasteiger partial charge < -0.3 is 11.1 Å². The van der Waals surface area contributed by atoms with Gasteiger partial charge in [0.2, 0.25) is 5.91 Å². The van der Waals surface area contributed by atoms with Crippen molar-refractivity contribution in [1.29, 1.82) is 0 Å². The molecule has 2 unspecified atom stereocenters. The molecule has 0 aromatic heterocycles. The smallest absolute Gasteiger partial charge is 0.217 e. The van der Waals surface area contributed by atoms with Crippen LogP contribution in [0, 0.1) is 0 Å². The van der Waals surface area contributed by atoms with Gasteiger partial charge >= 0.3 is 0 Å². The molecule has 19 heavy (non-hydrogen) atoms. The van der Waals surface area contributed by atoms with E-state index in [1.54, 1.807) is 0 Å². The molecule has 0 aliphatic rings. The first kappa shape index (κ1) is 16.1. The number of primary amides is 1. The molecule has 3 nitrogen and oxygen atoms in total. The van der Waals surface area contributed by atoms with Crippen LogP contribution < -0.4 is 11.1 Å². The van der Waals surface area contributed by atoms with E-state index in [0.29, 0.717) is 12.5 Å². The molecule has 1 amide bonds. The molecule has 1 aromatic rings. The topological polar surface area (TPSA) is 55.1 Å². The number of thiol groups is 1. The third-order valence-corrected chi connectivity index (χ3v) is 3.93. The summed E-state index contributed by atoms with van der Waals surface area (Å²) in [5.41, 5.74) is 6.33. The van der Waals surface area contributed by atoms with Crippen molar-refractivity contribution in [2.24, 2.45) is 5.73 Å². The van der Waals surface area contributed by atoms with Gasteiger partial charge in [0, 0.05) is 17.7 Å². The number of carbonyl (C=O) groups excluding carboxylic acids is 1. The highest BCUT2D eigenvalue weighted by Crippen LogP contribution is 2.23. The minimum absolute atomic E-state index is 0.201. The maximum Gasteiger partial charge on any atom is 0.217 e. The summed E-state index contributed by atoms with van der Waals surface area (Å²) >= 11 is 4.66. The van der Waals surface area contributed by atoms with Crippen LogP contribution in [0.4, 0.5) is 0 Å². The molecule has 4 heteroatoms. The van der Waals surface area contributed by atoms with Gasteiger partial charge in [0.25, 0.3) is 0 Å². The van der Waals surface area contributed by atoms with E-state index in [-0.39, 0.29) is 11.2 Å². The predicted octanol–water partition coefficient (Wildman–Crippen LogP) is 2.68. The van der Waals surface area contributed by atoms with E-state index in [2.05, 4.69) is 37.0 Å². The number of carbonyl (C=O) groups is 1. The molecule has 106 valence electrons. The zero-order valence-corrected chi connectivity index (χ0v) is 12.4. The van der Waals surface area contributed by atoms with E-state index in [1.807, 2.05) is 18.2 Å². The zero-order valence-electron chi connectivity index (χ0n) is 11.5. The zero-order chi connectivity index (χ0) is 14.1. The van der Waals surface area contributed by atoms with Crippen LogP contribution >= 0.6 is 12.6 Å². The lowest BCUT2D eigenvalue weighted by Crippen LogP contribution is -2.30. The third-order valence-electron chi connectivity index (χ3n) is 3.18. The van der Waals surface area contributed by atoms with Gasteiger partial charge in [-0.3, -0.25) is 4.79 Å². The van der Waals surface area contributed by atoms with Crippen LogP contribution in [0.25, 0.3) is 0 Å². The minimum Gasteiger partial charge on any atom is -0.370 e. The first-order valence-electron chi connectivity index (χ1n) is 6.86. The molecule has 1 aromatic carbocycles. The molecule has 0 spiro atoms. The molecule has 0 radical (unpaired) electrons. The van der Waals surface area contributed by atoms with Crippen LogP contribution in [-0.2, 0) is 4.79 Å². The molecule has 2 atom stereocenters. The first-order valence-corrected chi connectivity index (χ1v) is 7.37. The largest absolute Gasteiger partial charge is 0.370 e. The molecule has 0 aliphatic carbocycles. The number of rotatable bonds is 9. The van der Waals surface area contributed by atoms with E-state index in [1.165, 1.54) is 5.56 Å². The molecule has 3 N–H and O–H groups in total. The fourth-order valence-corrected chi connectivity index (χ4v) is 2.26. The standard InChI is InChI=1S/C15H24N2OS/c1-12(15(19)13-8-4-2-5-9-13)17-11-7-3-6-10-14(16)18/h2,4-5,8-9,12,15,17,19H,3,6-7,10-11H2,1H3,(H2,16,18). The molecular formula is C15H24N2OS. The van der Waals surface area contributed by atoms with E-state index in [0.717, 1.165) is 25.8 Å². The molecular weight excluding hydrogens is 256 g/mol. The normalized spacial score (nSPS) is 14.0. The van der Waals surface area contributed by atoms with Gasteiger partial charge in [-0.05, 0) is 31.9 Å². The number of amides is 1. The van der Waals surface area contributed by atoms with Gasteiger partial charge in [0.15, 0.2) is 0 Å². The molecule has 0 saturated carbocycles. The van der Waals surface area contributed by atoms with Crippen molar-refractivity contribution in [2.75, 3.05) is 6.54 Å². The Hall–Kier alpha value is -1.00. The molecule has 0 heterocycles. The molecule has 0 fully saturated rings. The fourth-order valence-electron chi connectivity index (χ4n) is 1.98. The van der Waals surface area contributed by atoms with Gasteiger partial charge in [-0.1, -0.05) is 36.8 Å². The number of unbranched alkanes of at least 4 members (excludes halogenated alkanes) is 2. The van der Waals surface area contributed by atoms with Crippen molar-refractivity contribution in [3.63, 3.8) is 0 Å². The van der Waals surface area contributed by atoms with Crippen LogP contribution in [0.1, 0.15) is 43.4 Å². The lowest BCUT2D eigenvalue weighted by atomic mass is 10.1. The second kappa shape index (κ2) is 8.99. The Balaban J connectivity index is 2.17. The number of hydrogen-bond donors (Lipinski definition) is 3. The summed E-state index contributed by atoms with van der Waals surface area (Å²) < 4.78 is 0. The van der Waals surface area contributed by atoms with Gasteiger partial charge in [-0.2, -0.15) is 12.6 Å². The monoisotopic (exact) mass is 280 g/mol. The van der Waals surface area contributed by atoms with Crippen molar-refractivity contribution in [1.82, 2.24) is 5.32 Å². The van der Waals surface area contributed by atoms with Crippen LogP contribution in [0.2, 0.25) is 0 Å². The average Bonchev–Trinajstić information content (AvgIpc) is 2.42. The highest BCUT2D eigenvalue weighted by atomic mass is 32.1. The lowest BCUT2D eigenvalue weighted by molar-refractivity contribution is -0.118. The van der Waals surface area contributed by atoms with Crippen LogP contribution in [0.3, 0.4) is 0 Å². The van der Waals surface area contributed by atoms with Crippen molar-refractivity contribution >= 4 is 18.5 Å². The maximum absolute atomic E-state index is 10.6. The van der Waals surface area contributed by atoms with Crippen molar-refractivity contribution in [2.45, 2.75) is 43.9 Å². The second-order valence-corrected chi connectivity index (χ2v) is 5.43. The van der Waals surface area contributed by atoms with E-state index < -0.39 is 0 Å². The van der Waals surface area contributed by atoms with Crippen LogP contribution in [-0.4, -0.2) is 18.5 Å². The summed E-state index contributed by atoms with van der Waals surface area (Å²) in [7, 11) is 0. The summed E-state index contributed by atoms with van der Waals surface area (Å²) in [6.45, 7) is 3.10. The Kier molecular flexibility index (Phi) is 7.60. The molecule has 0 saturated heterocycles. The summed E-state index contributed by atoms with van der Waals surface area (Å²) in [6.07, 6.45) is 3.47. The van der Waals surface area contributed by atoms with E-state index in [4.69, 9.17) is 5.73 Å². The Morgan fingerprint density at radius 3 is 2.58 bits per heavy atom. The summed E-state index contributed by atoms with van der Waals surface area (Å²) in [5, 5.41) is 3.68. The van der Waals surface area contributed by atoms with Gasteiger partial charge in [-0.15, -0.1) is 0 Å². The average molecular weight is 280 g/mol. The van der Waals surface area contributed by atoms with E-state index in [9.17, 15) is 4.79 Å². The summed E-state index contributed by atoms with van der Waals surface area (Å²) in [4.78, 5) is 10.6. The fraction of sp³-hybridized carbons (Fsp3) is 0.533. The van der Waals surface area contributed by atoms with Crippen molar-refractivity contribution < 1.29 is 4.79 Å². The molecule has 1 rings (SSSR count). The maximum atomic E-state index is 10.6. The van der Waals surface area contributed by atoms with Crippen molar-refractivity contribution in [3.05, 3.63) is 35.9 Å². The van der Waals surface area contributed by atoms with Gasteiger partial charge in [0.05, 0.1) is 0 Å². The number of benzene rings is 1. The molecule has 0 bridgehead atoms. The van der Waals surface area contributed by atoms with Crippen LogP contribution in [0.15, 0.2) is 30.3 Å². The second-order valence-electron chi connectivity index (χ2n) is 4.88. The van der Waals surface area contributed by atoms with E-state index >= 15 is 0 Å². The van der Waals surface area contributed by atoms with Crippen molar-refractivity contribution in [3.8, 4) is 0 Å². The highest BCUT2D eigenvalue weighted by Gasteiger charge is 2.13.